The Morgan fingerprint density at radius 3 is 2.63 bits per heavy atom. The summed E-state index contributed by atoms with van der Waals surface area (Å²) in [5, 5.41) is 12.9. The van der Waals surface area contributed by atoms with Gasteiger partial charge in [-0.15, -0.1) is 0 Å². The molecule has 1 aliphatic rings. The van der Waals surface area contributed by atoms with Gasteiger partial charge < -0.3 is 16.2 Å². The molecule has 3 nitrogen and oxygen atoms in total. The zero-order valence-corrected chi connectivity index (χ0v) is 13.0. The summed E-state index contributed by atoms with van der Waals surface area (Å²) < 4.78 is 14.1. The molecule has 0 heterocycles. The summed E-state index contributed by atoms with van der Waals surface area (Å²) in [6, 6.07) is 3.07. The summed E-state index contributed by atoms with van der Waals surface area (Å²) in [7, 11) is 0. The van der Waals surface area contributed by atoms with E-state index in [0.717, 1.165) is 25.7 Å². The molecule has 0 radical (unpaired) electrons. The van der Waals surface area contributed by atoms with Crippen molar-refractivity contribution in [1.82, 2.24) is 0 Å². The van der Waals surface area contributed by atoms with Crippen molar-refractivity contribution in [2.24, 2.45) is 5.41 Å². The van der Waals surface area contributed by atoms with Crippen molar-refractivity contribution in [3.63, 3.8) is 0 Å². The molecular formula is C14H20FIN2O. The lowest BCUT2D eigenvalue weighted by Gasteiger charge is -2.36. The second-order valence-electron chi connectivity index (χ2n) is 5.43. The van der Waals surface area contributed by atoms with Gasteiger partial charge in [0.05, 0.1) is 21.6 Å². The average Bonchev–Trinajstić information content (AvgIpc) is 2.42. The topological polar surface area (TPSA) is 58.3 Å². The van der Waals surface area contributed by atoms with Crippen molar-refractivity contribution in [3.8, 4) is 0 Å². The maximum Gasteiger partial charge on any atom is 0.138 e. The number of rotatable bonds is 4. The Balaban J connectivity index is 2.07. The van der Waals surface area contributed by atoms with Gasteiger partial charge in [-0.05, 0) is 41.5 Å². The normalized spacial score (nSPS) is 18.3. The van der Waals surface area contributed by atoms with Crippen molar-refractivity contribution in [3.05, 3.63) is 21.5 Å². The fourth-order valence-electron chi connectivity index (χ4n) is 2.69. The van der Waals surface area contributed by atoms with Crippen LogP contribution in [0.3, 0.4) is 0 Å². The molecule has 2 rings (SSSR count). The van der Waals surface area contributed by atoms with Gasteiger partial charge in [0.1, 0.15) is 5.82 Å². The van der Waals surface area contributed by atoms with E-state index in [1.807, 2.05) is 22.6 Å². The summed E-state index contributed by atoms with van der Waals surface area (Å²) >= 11 is 1.93. The number of hydrogen-bond donors (Lipinski definition) is 3. The van der Waals surface area contributed by atoms with Gasteiger partial charge in [-0.3, -0.25) is 0 Å². The summed E-state index contributed by atoms with van der Waals surface area (Å²) in [6.07, 6.45) is 5.58. The van der Waals surface area contributed by atoms with E-state index >= 15 is 0 Å². The van der Waals surface area contributed by atoms with Crippen molar-refractivity contribution in [2.75, 3.05) is 24.2 Å². The zero-order chi connectivity index (χ0) is 13.9. The molecule has 19 heavy (non-hydrogen) atoms. The molecule has 1 aromatic rings. The number of anilines is 2. The molecule has 0 aliphatic heterocycles. The predicted octanol–water partition coefficient (Wildman–Crippen LogP) is 3.37. The highest BCUT2D eigenvalue weighted by Gasteiger charge is 2.31. The van der Waals surface area contributed by atoms with E-state index in [-0.39, 0.29) is 17.8 Å². The molecule has 0 amide bonds. The fraction of sp³-hybridized carbons (Fsp3) is 0.571. The number of nitrogen functional groups attached to an aromatic ring is 1. The number of aliphatic hydroxyl groups is 1. The van der Waals surface area contributed by atoms with Crippen LogP contribution in [-0.4, -0.2) is 18.3 Å². The number of halogens is 2. The number of hydrogen-bond acceptors (Lipinski definition) is 3. The smallest absolute Gasteiger partial charge is 0.138 e. The lowest BCUT2D eigenvalue weighted by molar-refractivity contribution is 0.0944. The van der Waals surface area contributed by atoms with E-state index in [0.29, 0.717) is 21.5 Å². The maximum atomic E-state index is 13.5. The van der Waals surface area contributed by atoms with Crippen LogP contribution in [-0.2, 0) is 0 Å². The lowest BCUT2D eigenvalue weighted by atomic mass is 9.74. The quantitative estimate of drug-likeness (QED) is 0.556. The van der Waals surface area contributed by atoms with Crippen LogP contribution < -0.4 is 11.1 Å². The number of benzene rings is 1. The summed E-state index contributed by atoms with van der Waals surface area (Å²) in [6.45, 7) is 0.820. The second kappa shape index (κ2) is 6.26. The van der Waals surface area contributed by atoms with E-state index in [9.17, 15) is 9.50 Å². The molecule has 0 bridgehead atoms. The van der Waals surface area contributed by atoms with Crippen molar-refractivity contribution in [1.29, 1.82) is 0 Å². The fourth-order valence-corrected chi connectivity index (χ4v) is 3.18. The number of nitrogens with one attached hydrogen (secondary N) is 1. The van der Waals surface area contributed by atoms with Crippen molar-refractivity contribution in [2.45, 2.75) is 32.1 Å². The molecule has 5 heteroatoms. The Hall–Kier alpha value is -0.560. The molecule has 4 N–H and O–H groups in total. The van der Waals surface area contributed by atoms with E-state index in [1.165, 1.54) is 12.5 Å². The van der Waals surface area contributed by atoms with Crippen LogP contribution in [0, 0.1) is 14.8 Å². The molecular weight excluding hydrogens is 358 g/mol. The first kappa shape index (κ1) is 14.8. The van der Waals surface area contributed by atoms with E-state index < -0.39 is 0 Å². The highest BCUT2D eigenvalue weighted by Crippen LogP contribution is 2.36. The lowest BCUT2D eigenvalue weighted by Crippen LogP contribution is -2.35. The van der Waals surface area contributed by atoms with Gasteiger partial charge >= 0.3 is 0 Å². The van der Waals surface area contributed by atoms with Crippen LogP contribution in [0.15, 0.2) is 12.1 Å². The highest BCUT2D eigenvalue weighted by atomic mass is 127. The Morgan fingerprint density at radius 2 is 2.00 bits per heavy atom. The van der Waals surface area contributed by atoms with Gasteiger partial charge in [-0.25, -0.2) is 4.39 Å². The van der Waals surface area contributed by atoms with Crippen LogP contribution in [0.2, 0.25) is 0 Å². The van der Waals surface area contributed by atoms with Crippen molar-refractivity contribution < 1.29 is 9.50 Å². The van der Waals surface area contributed by atoms with Gasteiger partial charge in [0.2, 0.25) is 0 Å². The molecule has 0 unspecified atom stereocenters. The van der Waals surface area contributed by atoms with Crippen molar-refractivity contribution >= 4 is 34.0 Å². The summed E-state index contributed by atoms with van der Waals surface area (Å²) in [5.41, 5.74) is 6.99. The Bertz CT molecular complexity index is 447. The Morgan fingerprint density at radius 1 is 1.32 bits per heavy atom. The minimum Gasteiger partial charge on any atom is -0.397 e. The van der Waals surface area contributed by atoms with Crippen LogP contribution in [0.25, 0.3) is 0 Å². The first-order chi connectivity index (χ1) is 9.06. The first-order valence-electron chi connectivity index (χ1n) is 6.66. The van der Waals surface area contributed by atoms with E-state index in [2.05, 4.69) is 5.32 Å². The Labute approximate surface area is 126 Å². The van der Waals surface area contributed by atoms with Crippen LogP contribution >= 0.6 is 22.6 Å². The predicted molar refractivity (Wildman–Crippen MR) is 84.6 cm³/mol. The summed E-state index contributed by atoms with van der Waals surface area (Å²) in [5.74, 6) is -0.265. The third-order valence-corrected chi connectivity index (χ3v) is 4.82. The van der Waals surface area contributed by atoms with Gasteiger partial charge in [0, 0.05) is 18.0 Å². The Kier molecular flexibility index (Phi) is 4.89. The summed E-state index contributed by atoms with van der Waals surface area (Å²) in [4.78, 5) is 0. The first-order valence-corrected chi connectivity index (χ1v) is 7.73. The largest absolute Gasteiger partial charge is 0.397 e. The van der Waals surface area contributed by atoms with E-state index in [1.54, 1.807) is 6.07 Å². The van der Waals surface area contributed by atoms with Crippen LogP contribution in [0.4, 0.5) is 15.8 Å². The van der Waals surface area contributed by atoms with Gasteiger partial charge in [-0.2, -0.15) is 0 Å². The molecule has 1 aliphatic carbocycles. The molecule has 1 fully saturated rings. The number of aliphatic hydroxyl groups excluding tert-OH is 1. The molecule has 0 spiro atoms. The molecule has 106 valence electrons. The van der Waals surface area contributed by atoms with Crippen LogP contribution in [0.5, 0.6) is 0 Å². The van der Waals surface area contributed by atoms with Gasteiger partial charge in [-0.1, -0.05) is 19.3 Å². The third kappa shape index (κ3) is 3.51. The molecule has 0 atom stereocenters. The third-order valence-electron chi connectivity index (χ3n) is 4.00. The highest BCUT2D eigenvalue weighted by molar-refractivity contribution is 14.1. The van der Waals surface area contributed by atoms with Gasteiger partial charge in [0.15, 0.2) is 0 Å². The number of nitrogens with two attached hydrogens (primary N) is 1. The monoisotopic (exact) mass is 378 g/mol. The maximum absolute atomic E-state index is 13.5. The molecule has 1 saturated carbocycles. The van der Waals surface area contributed by atoms with E-state index in [4.69, 9.17) is 5.73 Å². The van der Waals surface area contributed by atoms with Gasteiger partial charge in [0.25, 0.3) is 0 Å². The molecule has 0 aromatic heterocycles. The minimum atomic E-state index is -0.265. The zero-order valence-electron chi connectivity index (χ0n) is 10.9. The second-order valence-corrected chi connectivity index (χ2v) is 6.59. The SMILES string of the molecule is Nc1cc(I)c(F)cc1NCC1(CO)CCCCC1. The molecule has 0 saturated heterocycles. The standard InChI is InChI=1S/C14H20FIN2O/c15-10-6-13(12(17)7-11(10)16)18-8-14(9-19)4-2-1-3-5-14/h6-7,18-19H,1-5,8-9,17H2. The van der Waals surface area contributed by atoms with Crippen LogP contribution in [0.1, 0.15) is 32.1 Å². The minimum absolute atomic E-state index is 0.0792. The molecule has 1 aromatic carbocycles. The average molecular weight is 378 g/mol.